The Morgan fingerprint density at radius 3 is 2.78 bits per heavy atom. The second-order valence-corrected chi connectivity index (χ2v) is 6.38. The van der Waals surface area contributed by atoms with Crippen LogP contribution in [0, 0.1) is 0 Å². The first-order valence-corrected chi connectivity index (χ1v) is 8.71. The molecule has 1 aromatic carbocycles. The predicted octanol–water partition coefficient (Wildman–Crippen LogP) is 3.68. The summed E-state index contributed by atoms with van der Waals surface area (Å²) in [7, 11) is 0. The molecular formula is C17H19N3O2S. The number of nitrogens with one attached hydrogen (secondary N) is 1. The Morgan fingerprint density at radius 2 is 2.13 bits per heavy atom. The number of amides is 2. The van der Waals surface area contributed by atoms with Gasteiger partial charge in [0.2, 0.25) is 11.8 Å². The third-order valence-electron chi connectivity index (χ3n) is 3.74. The highest BCUT2D eigenvalue weighted by Gasteiger charge is 2.24. The molecule has 0 atom stereocenters. The molecule has 5 nitrogen and oxygen atoms in total. The zero-order valence-electron chi connectivity index (χ0n) is 13.0. The molecule has 0 radical (unpaired) electrons. The summed E-state index contributed by atoms with van der Waals surface area (Å²) in [4.78, 5) is 29.7. The molecular weight excluding hydrogens is 310 g/mol. The Kier molecular flexibility index (Phi) is 4.71. The molecule has 2 aromatic rings. The maximum Gasteiger partial charge on any atom is 0.228 e. The molecule has 1 fully saturated rings. The van der Waals surface area contributed by atoms with Crippen molar-refractivity contribution in [2.75, 3.05) is 16.8 Å². The summed E-state index contributed by atoms with van der Waals surface area (Å²) in [6.07, 6.45) is 2.88. The van der Waals surface area contributed by atoms with Gasteiger partial charge in [0, 0.05) is 36.0 Å². The van der Waals surface area contributed by atoms with Gasteiger partial charge in [0.05, 0.1) is 5.69 Å². The van der Waals surface area contributed by atoms with Crippen molar-refractivity contribution in [1.82, 2.24) is 4.98 Å². The average molecular weight is 329 g/mol. The van der Waals surface area contributed by atoms with Crippen LogP contribution in [0.4, 0.5) is 10.8 Å². The zero-order chi connectivity index (χ0) is 16.2. The molecule has 0 aliphatic carbocycles. The van der Waals surface area contributed by atoms with Gasteiger partial charge < -0.3 is 5.32 Å². The third-order valence-corrected chi connectivity index (χ3v) is 4.60. The van der Waals surface area contributed by atoms with Crippen molar-refractivity contribution in [2.24, 2.45) is 0 Å². The first-order chi connectivity index (χ1) is 11.2. The number of aromatic nitrogens is 1. The molecule has 3 rings (SSSR count). The molecule has 0 unspecified atom stereocenters. The van der Waals surface area contributed by atoms with E-state index in [1.165, 1.54) is 11.3 Å². The standard InChI is InChI=1S/C17H19N3O2S/c1-2-4-15(21)18-13-8-6-12(7-9-13)14-11-23-17(19-14)20-10-3-5-16(20)22/h6-9,11H,2-5,10H2,1H3,(H,18,21). The fourth-order valence-corrected chi connectivity index (χ4v) is 3.42. The Bertz CT molecular complexity index is 709. The van der Waals surface area contributed by atoms with Gasteiger partial charge in [-0.2, -0.15) is 0 Å². The van der Waals surface area contributed by atoms with Crippen LogP contribution in [-0.2, 0) is 9.59 Å². The summed E-state index contributed by atoms with van der Waals surface area (Å²) < 4.78 is 0. The minimum absolute atomic E-state index is 0.0312. The van der Waals surface area contributed by atoms with Gasteiger partial charge in [-0.1, -0.05) is 19.1 Å². The van der Waals surface area contributed by atoms with E-state index in [9.17, 15) is 9.59 Å². The van der Waals surface area contributed by atoms with E-state index in [4.69, 9.17) is 0 Å². The second kappa shape index (κ2) is 6.91. The number of carbonyl (C=O) groups excluding carboxylic acids is 2. The van der Waals surface area contributed by atoms with Crippen LogP contribution in [-0.4, -0.2) is 23.3 Å². The van der Waals surface area contributed by atoms with Gasteiger partial charge in [0.25, 0.3) is 0 Å². The summed E-state index contributed by atoms with van der Waals surface area (Å²) in [5, 5.41) is 5.60. The number of nitrogens with zero attached hydrogens (tertiary/aromatic N) is 2. The van der Waals surface area contributed by atoms with E-state index >= 15 is 0 Å². The Morgan fingerprint density at radius 1 is 1.35 bits per heavy atom. The number of carbonyl (C=O) groups is 2. The maximum atomic E-state index is 11.8. The van der Waals surface area contributed by atoms with Crippen molar-refractivity contribution in [3.8, 4) is 11.3 Å². The lowest BCUT2D eigenvalue weighted by atomic mass is 10.1. The van der Waals surface area contributed by atoms with E-state index < -0.39 is 0 Å². The normalized spacial score (nSPS) is 14.3. The van der Waals surface area contributed by atoms with E-state index in [0.29, 0.717) is 12.8 Å². The molecule has 120 valence electrons. The maximum absolute atomic E-state index is 11.8. The van der Waals surface area contributed by atoms with E-state index in [0.717, 1.165) is 41.5 Å². The molecule has 0 bridgehead atoms. The van der Waals surface area contributed by atoms with Crippen LogP contribution >= 0.6 is 11.3 Å². The van der Waals surface area contributed by atoms with Gasteiger partial charge in [-0.15, -0.1) is 11.3 Å². The molecule has 1 aliphatic heterocycles. The van der Waals surface area contributed by atoms with E-state index in [-0.39, 0.29) is 11.8 Å². The Hall–Kier alpha value is -2.21. The molecule has 23 heavy (non-hydrogen) atoms. The zero-order valence-corrected chi connectivity index (χ0v) is 13.9. The highest BCUT2D eigenvalue weighted by molar-refractivity contribution is 7.14. The summed E-state index contributed by atoms with van der Waals surface area (Å²) in [5.74, 6) is 0.184. The number of benzene rings is 1. The molecule has 0 saturated carbocycles. The van der Waals surface area contributed by atoms with Crippen molar-refractivity contribution in [1.29, 1.82) is 0 Å². The van der Waals surface area contributed by atoms with Crippen molar-refractivity contribution in [3.05, 3.63) is 29.6 Å². The highest BCUT2D eigenvalue weighted by Crippen LogP contribution is 2.30. The lowest BCUT2D eigenvalue weighted by molar-refractivity contribution is -0.117. The molecule has 1 saturated heterocycles. The van der Waals surface area contributed by atoms with Gasteiger partial charge in [-0.3, -0.25) is 14.5 Å². The third kappa shape index (κ3) is 3.59. The molecule has 1 aliphatic rings. The van der Waals surface area contributed by atoms with Crippen LogP contribution in [0.1, 0.15) is 32.6 Å². The van der Waals surface area contributed by atoms with Crippen LogP contribution in [0.5, 0.6) is 0 Å². The molecule has 1 N–H and O–H groups in total. The average Bonchev–Trinajstić information content (AvgIpc) is 3.17. The van der Waals surface area contributed by atoms with E-state index in [1.807, 2.05) is 36.6 Å². The number of hydrogen-bond donors (Lipinski definition) is 1. The second-order valence-electron chi connectivity index (χ2n) is 5.54. The first kappa shape index (κ1) is 15.7. The van der Waals surface area contributed by atoms with Crippen LogP contribution in [0.2, 0.25) is 0 Å². The summed E-state index contributed by atoms with van der Waals surface area (Å²) in [6.45, 7) is 2.74. The number of thiazole rings is 1. The monoisotopic (exact) mass is 329 g/mol. The topological polar surface area (TPSA) is 62.3 Å². The molecule has 1 aromatic heterocycles. The number of anilines is 2. The smallest absolute Gasteiger partial charge is 0.228 e. The predicted molar refractivity (Wildman–Crippen MR) is 92.7 cm³/mol. The van der Waals surface area contributed by atoms with E-state index in [2.05, 4.69) is 10.3 Å². The minimum Gasteiger partial charge on any atom is -0.326 e. The van der Waals surface area contributed by atoms with Gasteiger partial charge in [-0.05, 0) is 25.0 Å². The SMILES string of the molecule is CCCC(=O)Nc1ccc(-c2csc(N3CCCC3=O)n2)cc1. The quantitative estimate of drug-likeness (QED) is 0.910. The van der Waals surface area contributed by atoms with Crippen molar-refractivity contribution in [2.45, 2.75) is 32.6 Å². The first-order valence-electron chi connectivity index (χ1n) is 7.83. The van der Waals surface area contributed by atoms with Gasteiger partial charge in [-0.25, -0.2) is 4.98 Å². The highest BCUT2D eigenvalue weighted by atomic mass is 32.1. The largest absolute Gasteiger partial charge is 0.326 e. The minimum atomic E-state index is 0.0312. The fraction of sp³-hybridized carbons (Fsp3) is 0.353. The number of rotatable bonds is 5. The van der Waals surface area contributed by atoms with Crippen LogP contribution < -0.4 is 10.2 Å². The molecule has 0 spiro atoms. The number of hydrogen-bond acceptors (Lipinski definition) is 4. The van der Waals surface area contributed by atoms with Crippen molar-refractivity contribution >= 4 is 34.0 Å². The van der Waals surface area contributed by atoms with Crippen LogP contribution in [0.25, 0.3) is 11.3 Å². The van der Waals surface area contributed by atoms with Crippen LogP contribution in [0.3, 0.4) is 0 Å². The lowest BCUT2D eigenvalue weighted by Crippen LogP contribution is -2.23. The van der Waals surface area contributed by atoms with Crippen molar-refractivity contribution < 1.29 is 9.59 Å². The van der Waals surface area contributed by atoms with Crippen molar-refractivity contribution in [3.63, 3.8) is 0 Å². The lowest BCUT2D eigenvalue weighted by Gasteiger charge is -2.10. The molecule has 6 heteroatoms. The molecule has 2 amide bonds. The van der Waals surface area contributed by atoms with Gasteiger partial charge in [0.1, 0.15) is 0 Å². The summed E-state index contributed by atoms with van der Waals surface area (Å²) in [5.41, 5.74) is 2.63. The Balaban J connectivity index is 1.71. The van der Waals surface area contributed by atoms with Gasteiger partial charge >= 0.3 is 0 Å². The fourth-order valence-electron chi connectivity index (χ4n) is 2.55. The van der Waals surface area contributed by atoms with E-state index in [1.54, 1.807) is 4.90 Å². The van der Waals surface area contributed by atoms with Gasteiger partial charge in [0.15, 0.2) is 5.13 Å². The van der Waals surface area contributed by atoms with Crippen LogP contribution in [0.15, 0.2) is 29.6 Å². The molecule has 2 heterocycles. The summed E-state index contributed by atoms with van der Waals surface area (Å²) in [6, 6.07) is 7.63. The summed E-state index contributed by atoms with van der Waals surface area (Å²) >= 11 is 1.49. The Labute approximate surface area is 139 Å².